The first-order valence-electron chi connectivity index (χ1n) is 6.71. The Kier molecular flexibility index (Phi) is 3.58. The summed E-state index contributed by atoms with van der Waals surface area (Å²) >= 11 is 0. The predicted octanol–water partition coefficient (Wildman–Crippen LogP) is 3.42. The number of hydrogen-bond donors (Lipinski definition) is 0. The molecule has 3 rings (SSSR count). The standard InChI is InChI=1S/C17H13N3O2/c1-18-14-4-3-12-6-8-20(16(12)10-14)11-15-9-13(5-7-19-15)17(21)22-2/h3-10H,11H2,2H3. The summed E-state index contributed by atoms with van der Waals surface area (Å²) in [5.74, 6) is -0.378. The molecule has 5 nitrogen and oxygen atoms in total. The third kappa shape index (κ3) is 2.54. The van der Waals surface area contributed by atoms with Crippen LogP contribution in [0.1, 0.15) is 16.1 Å². The molecule has 1 aromatic carbocycles. The number of ether oxygens (including phenoxy) is 1. The Morgan fingerprint density at radius 2 is 2.18 bits per heavy atom. The van der Waals surface area contributed by atoms with E-state index in [1.807, 2.05) is 29.0 Å². The number of fused-ring (bicyclic) bond motifs is 1. The number of hydrogen-bond acceptors (Lipinski definition) is 3. The van der Waals surface area contributed by atoms with Gasteiger partial charge in [0.05, 0.1) is 31.5 Å². The summed E-state index contributed by atoms with van der Waals surface area (Å²) in [5, 5.41) is 1.07. The van der Waals surface area contributed by atoms with Crippen LogP contribution in [0.25, 0.3) is 15.7 Å². The molecule has 0 aliphatic carbocycles. The van der Waals surface area contributed by atoms with E-state index in [1.54, 1.807) is 24.4 Å². The molecule has 0 spiro atoms. The second-order valence-electron chi connectivity index (χ2n) is 4.83. The second kappa shape index (κ2) is 5.70. The number of carbonyl (C=O) groups is 1. The van der Waals surface area contributed by atoms with E-state index in [2.05, 4.69) is 9.83 Å². The molecule has 0 amide bonds. The molecule has 22 heavy (non-hydrogen) atoms. The van der Waals surface area contributed by atoms with Crippen LogP contribution in [-0.2, 0) is 11.3 Å². The summed E-state index contributed by atoms with van der Waals surface area (Å²) in [5.41, 5.74) is 2.81. The SMILES string of the molecule is [C-]#[N+]c1ccc2ccn(Cc3cc(C(=O)OC)ccn3)c2c1. The van der Waals surface area contributed by atoms with Crippen molar-refractivity contribution in [3.8, 4) is 0 Å². The van der Waals surface area contributed by atoms with Crippen molar-refractivity contribution in [3.63, 3.8) is 0 Å². The molecule has 0 aliphatic rings. The highest BCUT2D eigenvalue weighted by atomic mass is 16.5. The van der Waals surface area contributed by atoms with Gasteiger partial charge in [-0.25, -0.2) is 9.64 Å². The van der Waals surface area contributed by atoms with E-state index in [-0.39, 0.29) is 5.97 Å². The van der Waals surface area contributed by atoms with Crippen LogP contribution in [0.2, 0.25) is 0 Å². The molecular weight excluding hydrogens is 278 g/mol. The number of rotatable bonds is 3. The van der Waals surface area contributed by atoms with Gasteiger partial charge in [-0.1, -0.05) is 12.1 Å². The van der Waals surface area contributed by atoms with Crippen LogP contribution >= 0.6 is 0 Å². The van der Waals surface area contributed by atoms with E-state index in [1.165, 1.54) is 7.11 Å². The number of esters is 1. The average molecular weight is 291 g/mol. The lowest BCUT2D eigenvalue weighted by Crippen LogP contribution is -2.05. The van der Waals surface area contributed by atoms with E-state index < -0.39 is 0 Å². The van der Waals surface area contributed by atoms with Gasteiger partial charge in [-0.2, -0.15) is 0 Å². The number of pyridine rings is 1. The Morgan fingerprint density at radius 1 is 1.32 bits per heavy atom. The van der Waals surface area contributed by atoms with Gasteiger partial charge in [0, 0.05) is 17.9 Å². The third-order valence-electron chi connectivity index (χ3n) is 3.46. The van der Waals surface area contributed by atoms with Crippen LogP contribution < -0.4 is 0 Å². The van der Waals surface area contributed by atoms with Gasteiger partial charge in [0.1, 0.15) is 0 Å². The minimum Gasteiger partial charge on any atom is -0.465 e. The molecule has 0 fully saturated rings. The lowest BCUT2D eigenvalue weighted by Gasteiger charge is -2.07. The van der Waals surface area contributed by atoms with Gasteiger partial charge in [-0.3, -0.25) is 4.98 Å². The second-order valence-corrected chi connectivity index (χ2v) is 4.83. The molecule has 0 atom stereocenters. The number of aromatic nitrogens is 2. The maximum atomic E-state index is 11.6. The third-order valence-corrected chi connectivity index (χ3v) is 3.46. The molecule has 0 saturated heterocycles. The van der Waals surface area contributed by atoms with Crippen LogP contribution in [-0.4, -0.2) is 22.6 Å². The van der Waals surface area contributed by atoms with Crippen LogP contribution in [0.3, 0.4) is 0 Å². The molecule has 0 aliphatic heterocycles. The van der Waals surface area contributed by atoms with Crippen molar-refractivity contribution in [2.75, 3.05) is 7.11 Å². The Labute approximate surface area is 127 Å². The summed E-state index contributed by atoms with van der Waals surface area (Å²) in [7, 11) is 1.35. The molecule has 3 aromatic rings. The van der Waals surface area contributed by atoms with Crippen molar-refractivity contribution in [2.45, 2.75) is 6.54 Å². The lowest BCUT2D eigenvalue weighted by atomic mass is 10.2. The molecule has 2 aromatic heterocycles. The highest BCUT2D eigenvalue weighted by molar-refractivity contribution is 5.89. The Bertz CT molecular complexity index is 890. The minimum absolute atomic E-state index is 0.378. The van der Waals surface area contributed by atoms with Gasteiger partial charge in [-0.15, -0.1) is 0 Å². The van der Waals surface area contributed by atoms with E-state index in [0.717, 1.165) is 16.6 Å². The maximum absolute atomic E-state index is 11.6. The van der Waals surface area contributed by atoms with Gasteiger partial charge in [0.25, 0.3) is 0 Å². The number of nitrogens with zero attached hydrogens (tertiary/aromatic N) is 3. The largest absolute Gasteiger partial charge is 0.465 e. The van der Waals surface area contributed by atoms with Crippen LogP contribution in [0, 0.1) is 6.57 Å². The van der Waals surface area contributed by atoms with Gasteiger partial charge >= 0.3 is 5.97 Å². The lowest BCUT2D eigenvalue weighted by molar-refractivity contribution is 0.0600. The van der Waals surface area contributed by atoms with E-state index in [0.29, 0.717) is 17.8 Å². The Balaban J connectivity index is 1.96. The van der Waals surface area contributed by atoms with Crippen LogP contribution in [0.15, 0.2) is 48.8 Å². The van der Waals surface area contributed by atoms with Gasteiger partial charge < -0.3 is 9.30 Å². The summed E-state index contributed by atoms with van der Waals surface area (Å²) in [6, 6.07) is 10.9. The molecule has 108 valence electrons. The first-order chi connectivity index (χ1) is 10.7. The first-order valence-corrected chi connectivity index (χ1v) is 6.71. The van der Waals surface area contributed by atoms with Crippen molar-refractivity contribution in [2.24, 2.45) is 0 Å². The van der Waals surface area contributed by atoms with E-state index in [9.17, 15) is 4.79 Å². The zero-order chi connectivity index (χ0) is 15.5. The molecule has 0 saturated carbocycles. The normalized spacial score (nSPS) is 10.4. The van der Waals surface area contributed by atoms with Crippen molar-refractivity contribution >= 4 is 22.6 Å². The predicted molar refractivity (Wildman–Crippen MR) is 82.9 cm³/mol. The molecule has 2 heterocycles. The van der Waals surface area contributed by atoms with E-state index >= 15 is 0 Å². The van der Waals surface area contributed by atoms with Crippen molar-refractivity contribution < 1.29 is 9.53 Å². The average Bonchev–Trinajstić information content (AvgIpc) is 2.96. The van der Waals surface area contributed by atoms with Gasteiger partial charge in [0.15, 0.2) is 5.69 Å². The summed E-state index contributed by atoms with van der Waals surface area (Å²) < 4.78 is 6.73. The summed E-state index contributed by atoms with van der Waals surface area (Å²) in [6.07, 6.45) is 3.54. The number of carbonyl (C=O) groups excluding carboxylic acids is 1. The van der Waals surface area contributed by atoms with Crippen molar-refractivity contribution in [1.82, 2.24) is 9.55 Å². The zero-order valence-corrected chi connectivity index (χ0v) is 12.0. The molecule has 0 N–H and O–H groups in total. The molecular formula is C17H13N3O2. The summed E-state index contributed by atoms with van der Waals surface area (Å²) in [6.45, 7) is 7.64. The fraction of sp³-hybridized carbons (Fsp3) is 0.118. The summed E-state index contributed by atoms with van der Waals surface area (Å²) in [4.78, 5) is 19.3. The fourth-order valence-corrected chi connectivity index (χ4v) is 2.36. The smallest absolute Gasteiger partial charge is 0.337 e. The maximum Gasteiger partial charge on any atom is 0.337 e. The fourth-order valence-electron chi connectivity index (χ4n) is 2.36. The molecule has 5 heteroatoms. The van der Waals surface area contributed by atoms with E-state index in [4.69, 9.17) is 11.3 Å². The first kappa shape index (κ1) is 13.8. The molecule has 0 unspecified atom stereocenters. The van der Waals surface area contributed by atoms with Crippen LogP contribution in [0.4, 0.5) is 5.69 Å². The quantitative estimate of drug-likeness (QED) is 0.549. The monoisotopic (exact) mass is 291 g/mol. The number of methoxy groups -OCH3 is 1. The van der Waals surface area contributed by atoms with Crippen LogP contribution in [0.5, 0.6) is 0 Å². The van der Waals surface area contributed by atoms with Crippen molar-refractivity contribution in [1.29, 1.82) is 0 Å². The minimum atomic E-state index is -0.378. The van der Waals surface area contributed by atoms with Gasteiger partial charge in [0.2, 0.25) is 0 Å². The topological polar surface area (TPSA) is 48.5 Å². The number of benzene rings is 1. The zero-order valence-electron chi connectivity index (χ0n) is 12.0. The molecule has 0 radical (unpaired) electrons. The van der Waals surface area contributed by atoms with Crippen molar-refractivity contribution in [3.05, 3.63) is 71.5 Å². The van der Waals surface area contributed by atoms with Gasteiger partial charge in [-0.05, 0) is 29.7 Å². The Morgan fingerprint density at radius 3 is 2.95 bits per heavy atom. The Hall–Kier alpha value is -3.13. The molecule has 0 bridgehead atoms. The highest BCUT2D eigenvalue weighted by Gasteiger charge is 2.08. The highest BCUT2D eigenvalue weighted by Crippen LogP contribution is 2.23.